The molecule has 0 bridgehead atoms. The van der Waals surface area contributed by atoms with Gasteiger partial charge in [0.1, 0.15) is 11.6 Å². The highest BCUT2D eigenvalue weighted by Crippen LogP contribution is 2.10. The number of benzene rings is 1. The number of para-hydroxylation sites is 1. The van der Waals surface area contributed by atoms with Gasteiger partial charge in [-0.15, -0.1) is 6.58 Å². The van der Waals surface area contributed by atoms with Crippen molar-refractivity contribution in [1.29, 1.82) is 0 Å². The number of nitrogens with one attached hydrogen (secondary N) is 2. The summed E-state index contributed by atoms with van der Waals surface area (Å²) < 4.78 is 5.19. The fraction of sp³-hybridized carbons (Fsp3) is 0.412. The first kappa shape index (κ1) is 17.8. The maximum atomic E-state index is 12.3. The predicted molar refractivity (Wildman–Crippen MR) is 87.7 cm³/mol. The van der Waals surface area contributed by atoms with Crippen molar-refractivity contribution in [2.75, 3.05) is 5.32 Å². The van der Waals surface area contributed by atoms with E-state index in [-0.39, 0.29) is 5.91 Å². The van der Waals surface area contributed by atoms with Crippen molar-refractivity contribution in [2.24, 2.45) is 0 Å². The van der Waals surface area contributed by atoms with Crippen LogP contribution < -0.4 is 10.6 Å². The SMILES string of the molecule is C=CCCC(NC(=O)OC(C)(C)C)C(=O)Nc1ccccc1. The monoisotopic (exact) mass is 304 g/mol. The molecule has 0 aliphatic heterocycles. The topological polar surface area (TPSA) is 67.4 Å². The number of ether oxygens (including phenoxy) is 1. The minimum Gasteiger partial charge on any atom is -0.444 e. The second kappa shape index (κ2) is 8.22. The molecule has 22 heavy (non-hydrogen) atoms. The van der Waals surface area contributed by atoms with Gasteiger partial charge in [0.25, 0.3) is 0 Å². The van der Waals surface area contributed by atoms with Gasteiger partial charge in [0.05, 0.1) is 0 Å². The van der Waals surface area contributed by atoms with Crippen LogP contribution in [0.3, 0.4) is 0 Å². The molecule has 0 aliphatic rings. The number of rotatable bonds is 6. The average molecular weight is 304 g/mol. The number of allylic oxidation sites excluding steroid dienone is 1. The van der Waals surface area contributed by atoms with E-state index in [9.17, 15) is 9.59 Å². The number of carbonyl (C=O) groups is 2. The van der Waals surface area contributed by atoms with Gasteiger partial charge < -0.3 is 15.4 Å². The normalized spacial score (nSPS) is 12.1. The van der Waals surface area contributed by atoms with Crippen LogP contribution in [0.15, 0.2) is 43.0 Å². The molecule has 2 amide bonds. The molecule has 1 rings (SSSR count). The lowest BCUT2D eigenvalue weighted by Crippen LogP contribution is -2.45. The summed E-state index contributed by atoms with van der Waals surface area (Å²) in [5, 5.41) is 5.38. The van der Waals surface area contributed by atoms with Gasteiger partial charge in [-0.1, -0.05) is 24.3 Å². The molecule has 5 heteroatoms. The van der Waals surface area contributed by atoms with E-state index in [2.05, 4.69) is 17.2 Å². The Hall–Kier alpha value is -2.30. The van der Waals surface area contributed by atoms with Gasteiger partial charge in [0, 0.05) is 5.69 Å². The molecular weight excluding hydrogens is 280 g/mol. The van der Waals surface area contributed by atoms with E-state index in [0.717, 1.165) is 0 Å². The van der Waals surface area contributed by atoms with Crippen LogP contribution in [-0.4, -0.2) is 23.6 Å². The van der Waals surface area contributed by atoms with Crippen molar-refractivity contribution in [3.63, 3.8) is 0 Å². The molecule has 1 atom stereocenters. The highest BCUT2D eigenvalue weighted by molar-refractivity contribution is 5.96. The zero-order chi connectivity index (χ0) is 16.6. The number of hydrogen-bond acceptors (Lipinski definition) is 3. The van der Waals surface area contributed by atoms with Gasteiger partial charge in [0.2, 0.25) is 5.91 Å². The zero-order valence-electron chi connectivity index (χ0n) is 13.4. The predicted octanol–water partition coefficient (Wildman–Crippen LogP) is 3.48. The summed E-state index contributed by atoms with van der Waals surface area (Å²) in [4.78, 5) is 24.2. The minimum absolute atomic E-state index is 0.279. The number of anilines is 1. The van der Waals surface area contributed by atoms with Crippen LogP contribution >= 0.6 is 0 Å². The fourth-order valence-corrected chi connectivity index (χ4v) is 1.75. The number of carbonyl (C=O) groups excluding carboxylic acids is 2. The maximum Gasteiger partial charge on any atom is 0.408 e. The summed E-state index contributed by atoms with van der Waals surface area (Å²) in [5.74, 6) is -0.279. The number of amides is 2. The lowest BCUT2D eigenvalue weighted by molar-refractivity contribution is -0.118. The summed E-state index contributed by atoms with van der Waals surface area (Å²) in [5.41, 5.74) is 0.0743. The molecule has 0 fully saturated rings. The second-order valence-corrected chi connectivity index (χ2v) is 5.92. The number of hydrogen-bond donors (Lipinski definition) is 2. The average Bonchev–Trinajstić information content (AvgIpc) is 2.42. The van der Waals surface area contributed by atoms with E-state index in [1.807, 2.05) is 18.2 Å². The van der Waals surface area contributed by atoms with Gasteiger partial charge in [-0.2, -0.15) is 0 Å². The summed E-state index contributed by atoms with van der Waals surface area (Å²) in [6.45, 7) is 8.96. The van der Waals surface area contributed by atoms with E-state index in [0.29, 0.717) is 18.5 Å². The molecule has 1 aromatic carbocycles. The third kappa shape index (κ3) is 6.92. The van der Waals surface area contributed by atoms with E-state index >= 15 is 0 Å². The summed E-state index contributed by atoms with van der Waals surface area (Å²) in [6.07, 6.45) is 2.17. The molecule has 0 spiro atoms. The van der Waals surface area contributed by atoms with Crippen molar-refractivity contribution >= 4 is 17.7 Å². The Bertz CT molecular complexity index is 506. The quantitative estimate of drug-likeness (QED) is 0.791. The Kier molecular flexibility index (Phi) is 6.63. The summed E-state index contributed by atoms with van der Waals surface area (Å²) >= 11 is 0. The van der Waals surface area contributed by atoms with Crippen LogP contribution in [-0.2, 0) is 9.53 Å². The Balaban J connectivity index is 2.68. The number of alkyl carbamates (subject to hydrolysis) is 1. The summed E-state index contributed by atoms with van der Waals surface area (Å²) in [6, 6.07) is 8.43. The maximum absolute atomic E-state index is 12.3. The molecule has 5 nitrogen and oxygen atoms in total. The van der Waals surface area contributed by atoms with E-state index < -0.39 is 17.7 Å². The van der Waals surface area contributed by atoms with Crippen LogP contribution in [0.2, 0.25) is 0 Å². The smallest absolute Gasteiger partial charge is 0.408 e. The highest BCUT2D eigenvalue weighted by atomic mass is 16.6. The van der Waals surface area contributed by atoms with E-state index in [1.54, 1.807) is 39.0 Å². The van der Waals surface area contributed by atoms with Crippen molar-refractivity contribution in [2.45, 2.75) is 45.3 Å². The third-order valence-electron chi connectivity index (χ3n) is 2.71. The first-order valence-electron chi connectivity index (χ1n) is 7.28. The Morgan fingerprint density at radius 3 is 2.45 bits per heavy atom. The van der Waals surface area contributed by atoms with Crippen LogP contribution in [0.4, 0.5) is 10.5 Å². The van der Waals surface area contributed by atoms with Crippen molar-refractivity contribution in [3.05, 3.63) is 43.0 Å². The zero-order valence-corrected chi connectivity index (χ0v) is 13.4. The molecule has 1 aromatic rings. The molecule has 0 saturated carbocycles. The van der Waals surface area contributed by atoms with Crippen molar-refractivity contribution in [3.8, 4) is 0 Å². The lowest BCUT2D eigenvalue weighted by atomic mass is 10.1. The molecule has 0 saturated heterocycles. The Morgan fingerprint density at radius 1 is 1.27 bits per heavy atom. The molecule has 0 radical (unpaired) electrons. The van der Waals surface area contributed by atoms with Gasteiger partial charge in [-0.05, 0) is 45.7 Å². The van der Waals surface area contributed by atoms with Crippen molar-refractivity contribution < 1.29 is 14.3 Å². The molecule has 0 aromatic heterocycles. The molecule has 0 heterocycles. The third-order valence-corrected chi connectivity index (χ3v) is 2.71. The molecule has 120 valence electrons. The molecule has 0 aliphatic carbocycles. The van der Waals surface area contributed by atoms with Crippen LogP contribution in [0, 0.1) is 0 Å². The van der Waals surface area contributed by atoms with Gasteiger partial charge in [0.15, 0.2) is 0 Å². The Morgan fingerprint density at radius 2 is 1.91 bits per heavy atom. The van der Waals surface area contributed by atoms with Crippen LogP contribution in [0.5, 0.6) is 0 Å². The summed E-state index contributed by atoms with van der Waals surface area (Å²) in [7, 11) is 0. The minimum atomic E-state index is -0.673. The molecule has 2 N–H and O–H groups in total. The van der Waals surface area contributed by atoms with Crippen LogP contribution in [0.1, 0.15) is 33.6 Å². The second-order valence-electron chi connectivity index (χ2n) is 5.92. The van der Waals surface area contributed by atoms with Gasteiger partial charge in [-0.3, -0.25) is 4.79 Å². The van der Waals surface area contributed by atoms with E-state index in [1.165, 1.54) is 0 Å². The first-order chi connectivity index (χ1) is 10.3. The Labute approximate surface area is 131 Å². The molecule has 1 unspecified atom stereocenters. The van der Waals surface area contributed by atoms with Gasteiger partial charge >= 0.3 is 6.09 Å². The highest BCUT2D eigenvalue weighted by Gasteiger charge is 2.23. The lowest BCUT2D eigenvalue weighted by Gasteiger charge is -2.23. The van der Waals surface area contributed by atoms with Gasteiger partial charge in [-0.25, -0.2) is 4.79 Å². The molecular formula is C17H24N2O3. The fourth-order valence-electron chi connectivity index (χ4n) is 1.75. The largest absolute Gasteiger partial charge is 0.444 e. The first-order valence-corrected chi connectivity index (χ1v) is 7.28. The van der Waals surface area contributed by atoms with E-state index in [4.69, 9.17) is 4.74 Å². The van der Waals surface area contributed by atoms with Crippen molar-refractivity contribution in [1.82, 2.24) is 5.32 Å². The van der Waals surface area contributed by atoms with Crippen LogP contribution in [0.25, 0.3) is 0 Å². The standard InChI is InChI=1S/C17H24N2O3/c1-5-6-12-14(19-16(21)22-17(2,3)4)15(20)18-13-10-8-7-9-11-13/h5,7-11,14H,1,6,12H2,2-4H3,(H,18,20)(H,19,21).